The molecule has 2 aliphatic heterocycles. The number of piperidine rings is 2. The van der Waals surface area contributed by atoms with Gasteiger partial charge < -0.3 is 15.5 Å². The van der Waals surface area contributed by atoms with Crippen molar-refractivity contribution in [2.45, 2.75) is 50.0 Å². The molecule has 0 bridgehead atoms. The molecule has 3 aliphatic rings. The highest BCUT2D eigenvalue weighted by Crippen LogP contribution is 2.50. The number of amides is 2. The minimum absolute atomic E-state index is 0.266. The third-order valence-corrected chi connectivity index (χ3v) is 6.52. The predicted octanol–water partition coefficient (Wildman–Crippen LogP) is 1.91. The number of carbonyl (C=O) groups excluding carboxylic acids is 2. The SMILES string of the molecule is NCCCN1C(=O)CC[C@H]2CN(C(=O)C3(c4ccccc4)CC3)CC[C@H]21. The van der Waals surface area contributed by atoms with E-state index in [0.717, 1.165) is 57.3 Å². The Balaban J connectivity index is 1.45. The van der Waals surface area contributed by atoms with Gasteiger partial charge in [-0.05, 0) is 50.1 Å². The number of nitrogens with two attached hydrogens (primary N) is 1. The largest absolute Gasteiger partial charge is 0.341 e. The van der Waals surface area contributed by atoms with Crippen LogP contribution < -0.4 is 5.73 Å². The molecule has 0 spiro atoms. The summed E-state index contributed by atoms with van der Waals surface area (Å²) >= 11 is 0. The van der Waals surface area contributed by atoms with Crippen molar-refractivity contribution in [2.24, 2.45) is 11.7 Å². The Bertz CT molecular complexity index is 671. The van der Waals surface area contributed by atoms with E-state index in [0.29, 0.717) is 30.8 Å². The number of fused-ring (bicyclic) bond motifs is 1. The third kappa shape index (κ3) is 3.02. The van der Waals surface area contributed by atoms with Crippen LogP contribution in [0.4, 0.5) is 0 Å². The second-order valence-electron chi connectivity index (χ2n) is 8.08. The minimum atomic E-state index is -0.280. The minimum Gasteiger partial charge on any atom is -0.341 e. The molecule has 0 radical (unpaired) electrons. The molecule has 2 saturated heterocycles. The van der Waals surface area contributed by atoms with E-state index >= 15 is 0 Å². The van der Waals surface area contributed by atoms with Crippen molar-refractivity contribution < 1.29 is 9.59 Å². The van der Waals surface area contributed by atoms with Crippen LogP contribution in [0, 0.1) is 5.92 Å². The molecular formula is C21H29N3O2. The number of carbonyl (C=O) groups is 2. The Kier molecular flexibility index (Phi) is 4.74. The molecular weight excluding hydrogens is 326 g/mol. The van der Waals surface area contributed by atoms with Crippen molar-refractivity contribution in [1.82, 2.24) is 9.80 Å². The molecule has 2 amide bonds. The van der Waals surface area contributed by atoms with Crippen LogP contribution in [0.15, 0.2) is 30.3 Å². The Labute approximate surface area is 155 Å². The lowest BCUT2D eigenvalue weighted by Gasteiger charge is -2.47. The summed E-state index contributed by atoms with van der Waals surface area (Å²) in [6.07, 6.45) is 5.19. The Morgan fingerprint density at radius 2 is 1.96 bits per heavy atom. The van der Waals surface area contributed by atoms with Crippen molar-refractivity contribution >= 4 is 11.8 Å². The van der Waals surface area contributed by atoms with Crippen LogP contribution in [0.3, 0.4) is 0 Å². The summed E-state index contributed by atoms with van der Waals surface area (Å²) in [6.45, 7) is 2.94. The number of hydrogen-bond acceptors (Lipinski definition) is 3. The van der Waals surface area contributed by atoms with Crippen molar-refractivity contribution in [3.05, 3.63) is 35.9 Å². The fourth-order valence-electron chi connectivity index (χ4n) is 4.90. The summed E-state index contributed by atoms with van der Waals surface area (Å²) in [5, 5.41) is 0. The van der Waals surface area contributed by atoms with Crippen LogP contribution in [0.5, 0.6) is 0 Å². The van der Waals surface area contributed by atoms with Gasteiger partial charge in [0, 0.05) is 32.1 Å². The maximum Gasteiger partial charge on any atom is 0.233 e. The second kappa shape index (κ2) is 7.03. The van der Waals surface area contributed by atoms with Gasteiger partial charge in [0.25, 0.3) is 0 Å². The van der Waals surface area contributed by atoms with E-state index < -0.39 is 0 Å². The predicted molar refractivity (Wildman–Crippen MR) is 100 cm³/mol. The van der Waals surface area contributed by atoms with E-state index in [9.17, 15) is 9.59 Å². The van der Waals surface area contributed by atoms with Gasteiger partial charge in [0.1, 0.15) is 0 Å². The van der Waals surface area contributed by atoms with Gasteiger partial charge in [-0.3, -0.25) is 9.59 Å². The molecule has 26 heavy (non-hydrogen) atoms. The number of likely N-dealkylation sites (tertiary alicyclic amines) is 2. The number of rotatable bonds is 5. The van der Waals surface area contributed by atoms with E-state index in [-0.39, 0.29) is 11.3 Å². The van der Waals surface area contributed by atoms with Crippen molar-refractivity contribution in [2.75, 3.05) is 26.2 Å². The van der Waals surface area contributed by atoms with Crippen LogP contribution in [-0.2, 0) is 15.0 Å². The first-order valence-electron chi connectivity index (χ1n) is 10.0. The van der Waals surface area contributed by atoms with Crippen LogP contribution >= 0.6 is 0 Å². The van der Waals surface area contributed by atoms with Gasteiger partial charge in [0.2, 0.25) is 11.8 Å². The Hall–Kier alpha value is -1.88. The molecule has 1 saturated carbocycles. The molecule has 0 unspecified atom stereocenters. The Morgan fingerprint density at radius 1 is 1.19 bits per heavy atom. The molecule has 3 fully saturated rings. The fraction of sp³-hybridized carbons (Fsp3) is 0.619. The molecule has 2 heterocycles. The highest BCUT2D eigenvalue weighted by molar-refractivity contribution is 5.91. The molecule has 2 N–H and O–H groups in total. The zero-order chi connectivity index (χ0) is 18.1. The van der Waals surface area contributed by atoms with Crippen molar-refractivity contribution in [3.8, 4) is 0 Å². The zero-order valence-electron chi connectivity index (χ0n) is 15.4. The fourth-order valence-corrected chi connectivity index (χ4v) is 4.90. The van der Waals surface area contributed by atoms with E-state index in [1.165, 1.54) is 0 Å². The molecule has 1 aromatic carbocycles. The molecule has 5 heteroatoms. The van der Waals surface area contributed by atoms with Crippen molar-refractivity contribution in [3.63, 3.8) is 0 Å². The molecule has 5 nitrogen and oxygen atoms in total. The van der Waals surface area contributed by atoms with Gasteiger partial charge in [-0.15, -0.1) is 0 Å². The van der Waals surface area contributed by atoms with Gasteiger partial charge in [0.05, 0.1) is 5.41 Å². The van der Waals surface area contributed by atoms with Crippen LogP contribution in [0.25, 0.3) is 0 Å². The molecule has 1 aromatic rings. The van der Waals surface area contributed by atoms with Crippen LogP contribution in [0.2, 0.25) is 0 Å². The first-order valence-corrected chi connectivity index (χ1v) is 10.0. The van der Waals surface area contributed by atoms with E-state index in [1.807, 2.05) is 23.1 Å². The van der Waals surface area contributed by atoms with Gasteiger partial charge in [-0.1, -0.05) is 30.3 Å². The van der Waals surface area contributed by atoms with E-state index in [4.69, 9.17) is 5.73 Å². The van der Waals surface area contributed by atoms with Crippen molar-refractivity contribution in [1.29, 1.82) is 0 Å². The first-order chi connectivity index (χ1) is 12.7. The average Bonchev–Trinajstić information content (AvgIpc) is 3.49. The average molecular weight is 355 g/mol. The van der Waals surface area contributed by atoms with Crippen LogP contribution in [-0.4, -0.2) is 53.8 Å². The molecule has 4 rings (SSSR count). The zero-order valence-corrected chi connectivity index (χ0v) is 15.4. The monoisotopic (exact) mass is 355 g/mol. The summed E-state index contributed by atoms with van der Waals surface area (Å²) in [7, 11) is 0. The quantitative estimate of drug-likeness (QED) is 0.877. The van der Waals surface area contributed by atoms with E-state index in [1.54, 1.807) is 0 Å². The topological polar surface area (TPSA) is 66.6 Å². The maximum absolute atomic E-state index is 13.3. The highest BCUT2D eigenvalue weighted by Gasteiger charge is 2.54. The summed E-state index contributed by atoms with van der Waals surface area (Å²) in [6, 6.07) is 10.5. The Morgan fingerprint density at radius 3 is 2.65 bits per heavy atom. The second-order valence-corrected chi connectivity index (χ2v) is 8.08. The molecule has 0 aromatic heterocycles. The first kappa shape index (κ1) is 17.5. The molecule has 2 atom stereocenters. The summed E-state index contributed by atoms with van der Waals surface area (Å²) in [5.74, 6) is 0.977. The molecule has 1 aliphatic carbocycles. The summed E-state index contributed by atoms with van der Waals surface area (Å²) < 4.78 is 0. The smallest absolute Gasteiger partial charge is 0.233 e. The number of benzene rings is 1. The lowest BCUT2D eigenvalue weighted by Crippen LogP contribution is -2.58. The van der Waals surface area contributed by atoms with Gasteiger partial charge in [0.15, 0.2) is 0 Å². The molecule has 140 valence electrons. The van der Waals surface area contributed by atoms with Gasteiger partial charge >= 0.3 is 0 Å². The number of nitrogens with zero attached hydrogens (tertiary/aromatic N) is 2. The normalized spacial score (nSPS) is 27.2. The standard InChI is InChI=1S/C21H29N3O2/c22-12-4-13-24-18-9-14-23(15-16(18)7-8-19(24)25)20(26)21(10-11-21)17-5-2-1-3-6-17/h1-3,5-6,16,18H,4,7-15,22H2/t16-,18+/m0/s1. The lowest BCUT2D eigenvalue weighted by molar-refractivity contribution is -0.145. The number of hydrogen-bond donors (Lipinski definition) is 1. The summed E-state index contributed by atoms with van der Waals surface area (Å²) in [5.41, 5.74) is 6.52. The third-order valence-electron chi connectivity index (χ3n) is 6.52. The maximum atomic E-state index is 13.3. The summed E-state index contributed by atoms with van der Waals surface area (Å²) in [4.78, 5) is 29.8. The lowest BCUT2D eigenvalue weighted by atomic mass is 9.82. The van der Waals surface area contributed by atoms with E-state index in [2.05, 4.69) is 17.0 Å². The highest BCUT2D eigenvalue weighted by atomic mass is 16.2. The van der Waals surface area contributed by atoms with Gasteiger partial charge in [-0.25, -0.2) is 0 Å². The van der Waals surface area contributed by atoms with Crippen LogP contribution in [0.1, 0.15) is 44.1 Å². The van der Waals surface area contributed by atoms with Gasteiger partial charge in [-0.2, -0.15) is 0 Å².